The van der Waals surface area contributed by atoms with Crippen LogP contribution in [0.4, 0.5) is 5.69 Å². The fourth-order valence-electron chi connectivity index (χ4n) is 2.97. The summed E-state index contributed by atoms with van der Waals surface area (Å²) < 4.78 is 10.9. The first-order chi connectivity index (χ1) is 15.2. The topological polar surface area (TPSA) is 108 Å². The molecule has 32 heavy (non-hydrogen) atoms. The number of nitrogens with zero attached hydrogens (tertiary/aromatic N) is 1. The largest absolute Gasteiger partial charge is 0.546 e. The number of rotatable bonds is 7. The van der Waals surface area contributed by atoms with E-state index in [0.29, 0.717) is 17.9 Å². The van der Waals surface area contributed by atoms with Crippen molar-refractivity contribution >= 4 is 46.9 Å². The van der Waals surface area contributed by atoms with Gasteiger partial charge in [0.1, 0.15) is 11.7 Å². The number of carbonyl (C=O) groups is 3. The van der Waals surface area contributed by atoms with Crippen LogP contribution in [-0.4, -0.2) is 35.6 Å². The highest BCUT2D eigenvalue weighted by atomic mass is 32.1. The smallest absolute Gasteiger partial charge is 0.270 e. The maximum atomic E-state index is 13.1. The van der Waals surface area contributed by atoms with E-state index < -0.39 is 23.9 Å². The van der Waals surface area contributed by atoms with Crippen LogP contribution in [-0.2, 0) is 14.4 Å². The highest BCUT2D eigenvalue weighted by molar-refractivity contribution is 7.80. The molecule has 2 aromatic carbocycles. The minimum atomic E-state index is -1.37. The Labute approximate surface area is 190 Å². The third kappa shape index (κ3) is 4.94. The molecule has 1 saturated heterocycles. The summed E-state index contributed by atoms with van der Waals surface area (Å²) in [6.45, 7) is 5.32. The Balaban J connectivity index is 1.96. The first-order valence-corrected chi connectivity index (χ1v) is 10.2. The van der Waals surface area contributed by atoms with Crippen LogP contribution >= 0.6 is 12.2 Å². The van der Waals surface area contributed by atoms with E-state index >= 15 is 0 Å². The molecule has 1 atom stereocenters. The monoisotopic (exact) mass is 453 g/mol. The van der Waals surface area contributed by atoms with Gasteiger partial charge >= 0.3 is 0 Å². The lowest BCUT2D eigenvalue weighted by Crippen LogP contribution is -2.54. The Kier molecular flexibility index (Phi) is 6.89. The lowest BCUT2D eigenvalue weighted by molar-refractivity contribution is -0.312. The van der Waals surface area contributed by atoms with Crippen molar-refractivity contribution in [3.8, 4) is 11.5 Å². The number of anilines is 1. The zero-order valence-electron chi connectivity index (χ0n) is 17.7. The second kappa shape index (κ2) is 9.61. The maximum Gasteiger partial charge on any atom is 0.270 e. The summed E-state index contributed by atoms with van der Waals surface area (Å²) in [4.78, 5) is 37.9. The van der Waals surface area contributed by atoms with E-state index in [1.165, 1.54) is 24.0 Å². The van der Waals surface area contributed by atoms with Gasteiger partial charge in [-0.25, -0.2) is 0 Å². The number of aryl methyl sites for hydroxylation is 1. The van der Waals surface area contributed by atoms with Gasteiger partial charge in [-0.15, -0.1) is 0 Å². The van der Waals surface area contributed by atoms with E-state index in [1.54, 1.807) is 31.2 Å². The molecule has 0 unspecified atom stereocenters. The zero-order chi connectivity index (χ0) is 23.4. The molecule has 0 saturated carbocycles. The van der Waals surface area contributed by atoms with Crippen molar-refractivity contribution in [3.63, 3.8) is 0 Å². The van der Waals surface area contributed by atoms with Gasteiger partial charge in [-0.3, -0.25) is 19.8 Å². The fourth-order valence-corrected chi connectivity index (χ4v) is 3.25. The van der Waals surface area contributed by atoms with E-state index in [4.69, 9.17) is 21.7 Å². The molecule has 3 rings (SSSR count). The Morgan fingerprint density at radius 2 is 1.88 bits per heavy atom. The van der Waals surface area contributed by atoms with Crippen molar-refractivity contribution in [2.24, 2.45) is 0 Å². The number of amides is 2. The molecule has 0 radical (unpaired) electrons. The molecule has 166 valence electrons. The molecule has 0 spiro atoms. The van der Waals surface area contributed by atoms with E-state index in [0.717, 1.165) is 5.56 Å². The quantitative estimate of drug-likeness (QED) is 0.387. The third-order valence-corrected chi connectivity index (χ3v) is 4.89. The molecule has 1 aliphatic rings. The molecule has 2 aromatic rings. The van der Waals surface area contributed by atoms with Crippen molar-refractivity contribution < 1.29 is 29.0 Å². The maximum absolute atomic E-state index is 13.1. The van der Waals surface area contributed by atoms with Crippen LogP contribution in [0.15, 0.2) is 48.0 Å². The Hall–Kier alpha value is -3.72. The van der Waals surface area contributed by atoms with Gasteiger partial charge in [0.15, 0.2) is 16.6 Å². The highest BCUT2D eigenvalue weighted by Crippen LogP contribution is 2.31. The van der Waals surface area contributed by atoms with Gasteiger partial charge in [0.2, 0.25) is 0 Å². The zero-order valence-corrected chi connectivity index (χ0v) is 18.5. The molecular formula is C23H21N2O6S-. The molecule has 0 aliphatic carbocycles. The van der Waals surface area contributed by atoms with Crippen LogP contribution in [0.2, 0.25) is 0 Å². The summed E-state index contributed by atoms with van der Waals surface area (Å²) >= 11 is 5.20. The van der Waals surface area contributed by atoms with Gasteiger partial charge in [-0.1, -0.05) is 23.8 Å². The number of thiocarbonyl (C=S) groups is 1. The summed E-state index contributed by atoms with van der Waals surface area (Å²) in [5, 5.41) is 13.5. The van der Waals surface area contributed by atoms with E-state index in [1.807, 2.05) is 19.1 Å². The third-order valence-electron chi connectivity index (χ3n) is 4.61. The summed E-state index contributed by atoms with van der Waals surface area (Å²) in [6.07, 6.45) is 0.225. The average molecular weight is 453 g/mol. The molecule has 1 N–H and O–H groups in total. The number of carbonyl (C=O) groups excluding carboxylic acids is 3. The number of carboxylic acids is 1. The normalized spacial score (nSPS) is 16.0. The van der Waals surface area contributed by atoms with Crippen molar-refractivity contribution in [1.82, 2.24) is 5.32 Å². The second-order valence-electron chi connectivity index (χ2n) is 7.01. The number of nitrogens with one attached hydrogen (secondary N) is 1. The molecule has 8 nitrogen and oxygen atoms in total. The number of hydrogen-bond acceptors (Lipinski definition) is 7. The molecular weight excluding hydrogens is 432 g/mol. The van der Waals surface area contributed by atoms with Gasteiger partial charge in [0, 0.05) is 0 Å². The molecule has 1 aliphatic heterocycles. The van der Waals surface area contributed by atoms with Gasteiger partial charge < -0.3 is 19.4 Å². The van der Waals surface area contributed by atoms with Crippen LogP contribution in [0.25, 0.3) is 6.08 Å². The molecule has 2 amide bonds. The average Bonchev–Trinajstić information content (AvgIpc) is 2.74. The van der Waals surface area contributed by atoms with Crippen molar-refractivity contribution in [2.45, 2.75) is 26.9 Å². The van der Waals surface area contributed by atoms with Crippen LogP contribution < -0.4 is 24.8 Å². The van der Waals surface area contributed by atoms with Crippen LogP contribution in [0.5, 0.6) is 11.5 Å². The number of aliphatic carboxylic acids is 1. The van der Waals surface area contributed by atoms with Gasteiger partial charge in [-0.05, 0) is 68.9 Å². The molecule has 0 aromatic heterocycles. The van der Waals surface area contributed by atoms with Gasteiger partial charge in [0.25, 0.3) is 11.8 Å². The van der Waals surface area contributed by atoms with Crippen molar-refractivity contribution in [2.75, 3.05) is 11.5 Å². The first kappa shape index (κ1) is 23.0. The Morgan fingerprint density at radius 1 is 1.19 bits per heavy atom. The summed E-state index contributed by atoms with van der Waals surface area (Å²) in [6, 6.07) is 11.8. The van der Waals surface area contributed by atoms with E-state index in [9.17, 15) is 19.5 Å². The highest BCUT2D eigenvalue weighted by Gasteiger charge is 2.34. The Morgan fingerprint density at radius 3 is 2.50 bits per heavy atom. The lowest BCUT2D eigenvalue weighted by Gasteiger charge is -2.29. The predicted molar refractivity (Wildman–Crippen MR) is 120 cm³/mol. The van der Waals surface area contributed by atoms with Crippen LogP contribution in [0.1, 0.15) is 25.0 Å². The van der Waals surface area contributed by atoms with Crippen molar-refractivity contribution in [3.05, 3.63) is 59.2 Å². The SMILES string of the molecule is CCOc1cc(/C=C2/C(=O)NC(=S)N(c3ccc(C)cc3)C2=O)ccc1O[C@@H](C)C(=O)[O-]. The number of ether oxygens (including phenoxy) is 2. The Bertz CT molecular complexity index is 1110. The number of hydrogen-bond donors (Lipinski definition) is 1. The van der Waals surface area contributed by atoms with Crippen LogP contribution in [0, 0.1) is 6.92 Å². The fraction of sp³-hybridized carbons (Fsp3) is 0.217. The van der Waals surface area contributed by atoms with Crippen molar-refractivity contribution in [1.29, 1.82) is 0 Å². The van der Waals surface area contributed by atoms with E-state index in [2.05, 4.69) is 5.32 Å². The predicted octanol–water partition coefficient (Wildman–Crippen LogP) is 1.74. The summed E-state index contributed by atoms with van der Waals surface area (Å²) in [5.41, 5.74) is 1.92. The molecule has 1 heterocycles. The summed E-state index contributed by atoms with van der Waals surface area (Å²) in [7, 11) is 0. The molecule has 9 heteroatoms. The van der Waals surface area contributed by atoms with Gasteiger partial charge in [0.05, 0.1) is 18.3 Å². The standard InChI is InChI=1S/C23H22N2O6S/c1-4-30-19-12-15(7-10-18(19)31-14(3)22(28)29)11-17-20(26)24-23(32)25(21(17)27)16-8-5-13(2)6-9-16/h5-12,14H,4H2,1-3H3,(H,28,29)(H,24,26,32)/p-1/b17-11-/t14-/m0/s1. The van der Waals surface area contributed by atoms with Crippen LogP contribution in [0.3, 0.4) is 0 Å². The van der Waals surface area contributed by atoms with E-state index in [-0.39, 0.29) is 22.2 Å². The molecule has 1 fully saturated rings. The minimum absolute atomic E-state index is 0.00368. The summed E-state index contributed by atoms with van der Waals surface area (Å²) in [5.74, 6) is -2.08. The second-order valence-corrected chi connectivity index (χ2v) is 7.40. The lowest BCUT2D eigenvalue weighted by atomic mass is 10.1. The molecule has 0 bridgehead atoms. The van der Waals surface area contributed by atoms with Gasteiger partial charge in [-0.2, -0.15) is 0 Å². The number of carboxylic acid groups (broad SMARTS) is 1. The minimum Gasteiger partial charge on any atom is -0.546 e. The first-order valence-electron chi connectivity index (χ1n) is 9.83. The number of benzene rings is 2.